The maximum atomic E-state index is 15.7. The number of rotatable bonds is 9. The van der Waals surface area contributed by atoms with E-state index >= 15 is 8.78 Å². The van der Waals surface area contributed by atoms with E-state index in [9.17, 15) is 29.4 Å². The smallest absolute Gasteiger partial charge is 0.414 e. The number of cyclic esters (lactones) is 1. The van der Waals surface area contributed by atoms with Crippen LogP contribution in [0.4, 0.5) is 25.0 Å². The van der Waals surface area contributed by atoms with Gasteiger partial charge >= 0.3 is 18.0 Å². The van der Waals surface area contributed by atoms with Crippen molar-refractivity contribution in [3.05, 3.63) is 57.9 Å². The van der Waals surface area contributed by atoms with Crippen LogP contribution in [0.1, 0.15) is 42.6 Å². The summed E-state index contributed by atoms with van der Waals surface area (Å²) in [5.41, 5.74) is 3.17. The summed E-state index contributed by atoms with van der Waals surface area (Å²) in [6.07, 6.45) is 1.38. The number of carbonyl (C=O) groups excluding carboxylic acids is 2. The van der Waals surface area contributed by atoms with E-state index in [1.165, 1.54) is 30.2 Å². The number of benzene rings is 2. The van der Waals surface area contributed by atoms with Crippen molar-refractivity contribution >= 4 is 40.3 Å². The number of halogens is 2. The van der Waals surface area contributed by atoms with Crippen LogP contribution in [-0.4, -0.2) is 89.5 Å². The first kappa shape index (κ1) is 31.6. The Morgan fingerprint density at radius 2 is 1.94 bits per heavy atom. The highest BCUT2D eigenvalue weighted by Crippen LogP contribution is 2.48. The average molecular weight is 671 g/mol. The number of aromatic carboxylic acids is 1. The Morgan fingerprint density at radius 1 is 1.17 bits per heavy atom. The predicted molar refractivity (Wildman–Crippen MR) is 164 cm³/mol. The van der Waals surface area contributed by atoms with Crippen molar-refractivity contribution < 1.29 is 52.3 Å². The number of nitrogens with zero attached hydrogens (tertiary/aromatic N) is 3. The van der Waals surface area contributed by atoms with Crippen LogP contribution in [-0.2, 0) is 14.3 Å². The highest BCUT2D eigenvalue weighted by Gasteiger charge is 2.48. The number of aromatic nitrogens is 1. The van der Waals surface area contributed by atoms with Gasteiger partial charge in [0.2, 0.25) is 5.43 Å². The number of anilines is 2. The van der Waals surface area contributed by atoms with Crippen LogP contribution >= 0.6 is 0 Å². The summed E-state index contributed by atoms with van der Waals surface area (Å²) in [6.45, 7) is 0.869. The zero-order valence-electron chi connectivity index (χ0n) is 25.7. The van der Waals surface area contributed by atoms with Crippen molar-refractivity contribution in [3.63, 3.8) is 0 Å². The topological polar surface area (TPSA) is 183 Å². The number of carbonyl (C=O) groups is 3. The van der Waals surface area contributed by atoms with Crippen LogP contribution in [0.5, 0.6) is 11.5 Å². The number of hydrogen-bond acceptors (Lipinski definition) is 11. The molecule has 2 unspecified atom stereocenters. The fourth-order valence-electron chi connectivity index (χ4n) is 6.51. The molecule has 3 aromatic rings. The molecule has 1 amide bonds. The van der Waals surface area contributed by atoms with Gasteiger partial charge in [-0.05, 0) is 38.0 Å². The lowest BCUT2D eigenvalue weighted by Gasteiger charge is -2.34. The van der Waals surface area contributed by atoms with Gasteiger partial charge in [0, 0.05) is 24.7 Å². The molecule has 0 spiro atoms. The van der Waals surface area contributed by atoms with Crippen molar-refractivity contribution in [1.29, 1.82) is 0 Å². The molecule has 4 atom stereocenters. The number of pyridine rings is 1. The van der Waals surface area contributed by atoms with E-state index in [1.807, 2.05) is 0 Å². The summed E-state index contributed by atoms with van der Waals surface area (Å²) in [5.74, 6) is -3.76. The van der Waals surface area contributed by atoms with Crippen molar-refractivity contribution in [3.8, 4) is 11.5 Å². The molecule has 1 saturated carbocycles. The molecule has 1 aliphatic carbocycles. The number of nitrogens with two attached hydrogens (primary N) is 1. The predicted octanol–water partition coefficient (Wildman–Crippen LogP) is 2.31. The lowest BCUT2D eigenvalue weighted by Crippen LogP contribution is -2.41. The van der Waals surface area contributed by atoms with Gasteiger partial charge in [0.05, 0.1) is 35.7 Å². The van der Waals surface area contributed by atoms with Gasteiger partial charge in [0.1, 0.15) is 42.7 Å². The Hall–Kier alpha value is -4.96. The second kappa shape index (κ2) is 11.6. The number of carboxylic acid groups (broad SMARTS) is 1. The summed E-state index contributed by atoms with van der Waals surface area (Å²) in [4.78, 5) is 51.6. The second-order valence-corrected chi connectivity index (χ2v) is 12.7. The van der Waals surface area contributed by atoms with Crippen LogP contribution in [0.3, 0.4) is 0 Å². The molecule has 2 aromatic carbocycles. The molecular formula is C32H32F2N4O10. The number of aliphatic hydroxyl groups is 1. The lowest BCUT2D eigenvalue weighted by atomic mass is 10.0. The molecule has 4 heterocycles. The maximum absolute atomic E-state index is 15.7. The van der Waals surface area contributed by atoms with Gasteiger partial charge in [-0.1, -0.05) is 0 Å². The molecule has 3 fully saturated rings. The summed E-state index contributed by atoms with van der Waals surface area (Å²) < 4.78 is 54.5. The van der Waals surface area contributed by atoms with Crippen molar-refractivity contribution in [2.24, 2.45) is 5.73 Å². The van der Waals surface area contributed by atoms with Gasteiger partial charge < -0.3 is 44.4 Å². The van der Waals surface area contributed by atoms with Gasteiger partial charge in [0.25, 0.3) is 0 Å². The SMILES string of the molecule is CC(N)C(=O)OCC1CN(c2ccc(OC[C@]3(O)C[C@H]4COc5c(c(F)cc6c(=O)c(C(=O)O)cn(C7CC7)c56)N4C3)c(F)c2)C(=O)O1. The standard InChI is InChI=1S/C32H32F2N4O10/c1-15(35)30(42)46-12-19-9-37(31(43)48-19)17-4-5-24(22(33)6-17)47-14-32(44)8-18-11-45-28-25-20(7-23(34)26(28)38(18)13-32)27(39)21(29(40)41)10-36(25)16-2-3-16/h4-7,10,15-16,18-19,44H,2-3,8-9,11-14,35H2,1H3,(H,40,41)/t15?,18-,19?,32-/m0/s1. The van der Waals surface area contributed by atoms with E-state index in [4.69, 9.17) is 24.7 Å². The van der Waals surface area contributed by atoms with Crippen LogP contribution in [0, 0.1) is 11.6 Å². The third-order valence-electron chi connectivity index (χ3n) is 8.98. The number of carboxylic acids is 1. The summed E-state index contributed by atoms with van der Waals surface area (Å²) in [6, 6.07) is 3.48. The third-order valence-corrected chi connectivity index (χ3v) is 8.98. The lowest BCUT2D eigenvalue weighted by molar-refractivity contribution is -0.147. The highest BCUT2D eigenvalue weighted by molar-refractivity contribution is 5.97. The Bertz CT molecular complexity index is 1910. The molecule has 2 saturated heterocycles. The quantitative estimate of drug-likeness (QED) is 0.283. The monoisotopic (exact) mass is 670 g/mol. The van der Waals surface area contributed by atoms with Crippen LogP contribution < -0.4 is 30.4 Å². The number of esters is 1. The minimum atomic E-state index is -1.55. The van der Waals surface area contributed by atoms with Crippen molar-refractivity contribution in [2.45, 2.75) is 56.0 Å². The Labute approximate surface area is 271 Å². The minimum Gasteiger partial charge on any atom is -0.487 e. The summed E-state index contributed by atoms with van der Waals surface area (Å²) in [7, 11) is 0. The van der Waals surface area contributed by atoms with Gasteiger partial charge in [0.15, 0.2) is 29.2 Å². The molecule has 3 aliphatic heterocycles. The van der Waals surface area contributed by atoms with E-state index in [2.05, 4.69) is 0 Å². The summed E-state index contributed by atoms with van der Waals surface area (Å²) >= 11 is 0. The zero-order chi connectivity index (χ0) is 34.1. The number of fused-ring (bicyclic) bond motifs is 5. The normalized spacial score (nSPS) is 23.7. The molecule has 16 heteroatoms. The molecule has 14 nitrogen and oxygen atoms in total. The first-order valence-electron chi connectivity index (χ1n) is 15.4. The van der Waals surface area contributed by atoms with Crippen molar-refractivity contribution in [1.82, 2.24) is 4.57 Å². The Morgan fingerprint density at radius 3 is 2.62 bits per heavy atom. The van der Waals surface area contributed by atoms with E-state index in [-0.39, 0.29) is 73.6 Å². The molecular weight excluding hydrogens is 638 g/mol. The summed E-state index contributed by atoms with van der Waals surface area (Å²) in [5, 5.41) is 21.0. The first-order chi connectivity index (χ1) is 22.8. The second-order valence-electron chi connectivity index (χ2n) is 12.7. The van der Waals surface area contributed by atoms with E-state index in [0.29, 0.717) is 5.52 Å². The third kappa shape index (κ3) is 5.53. The van der Waals surface area contributed by atoms with Crippen molar-refractivity contribution in [2.75, 3.05) is 42.7 Å². The fraction of sp³-hybridized carbons (Fsp3) is 0.438. The van der Waals surface area contributed by atoms with Crippen LogP contribution in [0.15, 0.2) is 35.3 Å². The van der Waals surface area contributed by atoms with Crippen LogP contribution in [0.25, 0.3) is 10.9 Å². The van der Waals surface area contributed by atoms with E-state index in [0.717, 1.165) is 25.0 Å². The number of hydrogen-bond donors (Lipinski definition) is 3. The van der Waals surface area contributed by atoms with Gasteiger partial charge in [-0.15, -0.1) is 0 Å². The Balaban J connectivity index is 1.07. The zero-order valence-corrected chi connectivity index (χ0v) is 25.7. The average Bonchev–Trinajstić information content (AvgIpc) is 3.73. The van der Waals surface area contributed by atoms with E-state index in [1.54, 1.807) is 9.47 Å². The van der Waals surface area contributed by atoms with Gasteiger partial charge in [-0.3, -0.25) is 14.5 Å². The first-order valence-corrected chi connectivity index (χ1v) is 15.4. The highest BCUT2D eigenvalue weighted by atomic mass is 19.1. The van der Waals surface area contributed by atoms with Gasteiger partial charge in [-0.2, -0.15) is 0 Å². The minimum absolute atomic E-state index is 0.00851. The fourth-order valence-corrected chi connectivity index (χ4v) is 6.51. The van der Waals surface area contributed by atoms with Crippen LogP contribution in [0.2, 0.25) is 0 Å². The maximum Gasteiger partial charge on any atom is 0.414 e. The van der Waals surface area contributed by atoms with Gasteiger partial charge in [-0.25, -0.2) is 18.4 Å². The molecule has 254 valence electrons. The molecule has 4 N–H and O–H groups in total. The molecule has 48 heavy (non-hydrogen) atoms. The molecule has 7 rings (SSSR count). The molecule has 0 bridgehead atoms. The van der Waals surface area contributed by atoms with E-state index < -0.39 is 64.4 Å². The largest absolute Gasteiger partial charge is 0.487 e. The number of amides is 1. The molecule has 4 aliphatic rings. The number of ether oxygens (including phenoxy) is 4. The Kier molecular flexibility index (Phi) is 7.66. The molecule has 0 radical (unpaired) electrons. The molecule has 1 aromatic heterocycles.